The highest BCUT2D eigenvalue weighted by Gasteiger charge is 2.00. The Balaban J connectivity index is 3.15. The Hall–Kier alpha value is -0.340. The van der Waals surface area contributed by atoms with Crippen LogP contribution in [0, 0.1) is 5.82 Å². The molecular weight excluding hydrogens is 230 g/mol. The molecule has 1 aromatic rings. The average Bonchev–Trinajstić information content (AvgIpc) is 1.94. The normalized spacial score (nSPS) is 9.73. The maximum absolute atomic E-state index is 12.6. The molecule has 3 heteroatoms. The molecule has 0 fully saturated rings. The lowest BCUT2D eigenvalue weighted by molar-refractivity contribution is 0.628. The van der Waals surface area contributed by atoms with Crippen LogP contribution in [0.4, 0.5) is 4.39 Å². The molecule has 0 aliphatic rings. The largest absolute Gasteiger partial charge is 0.205 e. The van der Waals surface area contributed by atoms with Crippen molar-refractivity contribution in [2.24, 2.45) is 0 Å². The lowest BCUT2D eigenvalue weighted by Gasteiger charge is -1.98. The summed E-state index contributed by atoms with van der Waals surface area (Å²) in [4.78, 5) is 0. The van der Waals surface area contributed by atoms with Crippen LogP contribution in [-0.2, 0) is 0 Å². The first-order valence-corrected chi connectivity index (χ1v) is 4.08. The smallest absolute Gasteiger partial charge is 0.141 e. The third-order valence-corrected chi connectivity index (χ3v) is 1.98. The van der Waals surface area contributed by atoms with E-state index in [2.05, 4.69) is 22.5 Å². The van der Waals surface area contributed by atoms with Gasteiger partial charge >= 0.3 is 0 Å². The molecule has 11 heavy (non-hydrogen) atoms. The van der Waals surface area contributed by atoms with Gasteiger partial charge in [-0.3, -0.25) is 0 Å². The summed E-state index contributed by atoms with van der Waals surface area (Å²) in [6, 6.07) is 4.44. The second-order valence-electron chi connectivity index (χ2n) is 2.03. The molecule has 0 amide bonds. The molecule has 1 aromatic carbocycles. The van der Waals surface area contributed by atoms with Gasteiger partial charge in [0, 0.05) is 4.48 Å². The fourth-order valence-corrected chi connectivity index (χ4v) is 1.09. The van der Waals surface area contributed by atoms with E-state index in [1.165, 1.54) is 12.1 Å². The van der Waals surface area contributed by atoms with Crippen LogP contribution in [-0.4, -0.2) is 0 Å². The summed E-state index contributed by atoms with van der Waals surface area (Å²) in [6.07, 6.45) is 0. The molecule has 0 nitrogen and oxygen atoms in total. The number of benzene rings is 1. The zero-order chi connectivity index (χ0) is 8.43. The molecule has 0 unspecified atom stereocenters. The van der Waals surface area contributed by atoms with Crippen LogP contribution < -0.4 is 0 Å². The van der Waals surface area contributed by atoms with Crippen molar-refractivity contribution in [1.82, 2.24) is 0 Å². The van der Waals surface area contributed by atoms with Gasteiger partial charge in [-0.15, -0.1) is 0 Å². The molecule has 58 valence electrons. The molecule has 0 N–H and O–H groups in total. The van der Waals surface area contributed by atoms with Gasteiger partial charge in [0.1, 0.15) is 5.82 Å². The second-order valence-corrected chi connectivity index (χ2v) is 3.40. The Morgan fingerprint density at radius 1 is 1.55 bits per heavy atom. The molecule has 0 atom stereocenters. The van der Waals surface area contributed by atoms with E-state index in [1.807, 2.05) is 0 Å². The molecule has 0 aromatic heterocycles. The Bertz CT molecular complexity index is 296. The highest BCUT2D eigenvalue weighted by Crippen LogP contribution is 2.23. The lowest BCUT2D eigenvalue weighted by Crippen LogP contribution is -1.79. The van der Waals surface area contributed by atoms with Crippen LogP contribution in [0.1, 0.15) is 5.56 Å². The molecule has 0 bridgehead atoms. The fourth-order valence-electron chi connectivity index (χ4n) is 0.665. The molecule has 0 radical (unpaired) electrons. The molecule has 0 saturated carbocycles. The van der Waals surface area contributed by atoms with Crippen molar-refractivity contribution in [3.05, 3.63) is 41.2 Å². The molecule has 0 saturated heterocycles. The maximum Gasteiger partial charge on any atom is 0.141 e. The lowest BCUT2D eigenvalue weighted by atomic mass is 10.2. The third kappa shape index (κ3) is 2.04. The van der Waals surface area contributed by atoms with Crippen LogP contribution in [0.15, 0.2) is 24.8 Å². The van der Waals surface area contributed by atoms with Gasteiger partial charge in [0.15, 0.2) is 0 Å². The van der Waals surface area contributed by atoms with Gasteiger partial charge in [-0.25, -0.2) is 4.39 Å². The van der Waals surface area contributed by atoms with Crippen LogP contribution in [0.25, 0.3) is 4.48 Å². The van der Waals surface area contributed by atoms with E-state index in [-0.39, 0.29) is 5.02 Å². The van der Waals surface area contributed by atoms with Crippen molar-refractivity contribution in [2.75, 3.05) is 0 Å². The second kappa shape index (κ2) is 3.37. The summed E-state index contributed by atoms with van der Waals surface area (Å²) in [5.74, 6) is -0.413. The van der Waals surface area contributed by atoms with E-state index in [4.69, 9.17) is 11.6 Å². The minimum absolute atomic E-state index is 0.114. The molecular formula is C8H5BrClF. The SMILES string of the molecule is C=C(Br)c1ccc(F)c(Cl)c1. The molecule has 0 aliphatic carbocycles. The average molecular weight is 235 g/mol. The van der Waals surface area contributed by atoms with E-state index >= 15 is 0 Å². The van der Waals surface area contributed by atoms with Crippen LogP contribution in [0.2, 0.25) is 5.02 Å². The van der Waals surface area contributed by atoms with E-state index < -0.39 is 5.82 Å². The minimum Gasteiger partial charge on any atom is -0.205 e. The number of halogens is 3. The Kier molecular flexibility index (Phi) is 2.68. The van der Waals surface area contributed by atoms with Crippen LogP contribution in [0.5, 0.6) is 0 Å². The zero-order valence-corrected chi connectivity index (χ0v) is 7.91. The van der Waals surface area contributed by atoms with Crippen molar-refractivity contribution in [3.63, 3.8) is 0 Å². The predicted molar refractivity (Wildman–Crippen MR) is 49.4 cm³/mol. The Morgan fingerprint density at radius 2 is 2.18 bits per heavy atom. The highest BCUT2D eigenvalue weighted by molar-refractivity contribution is 9.15. The summed E-state index contributed by atoms with van der Waals surface area (Å²) in [5.41, 5.74) is 0.788. The fraction of sp³-hybridized carbons (Fsp3) is 0. The third-order valence-electron chi connectivity index (χ3n) is 1.23. The first-order valence-electron chi connectivity index (χ1n) is 2.91. The van der Waals surface area contributed by atoms with Crippen LogP contribution >= 0.6 is 27.5 Å². The minimum atomic E-state index is -0.413. The van der Waals surface area contributed by atoms with Gasteiger partial charge in [0.25, 0.3) is 0 Å². The zero-order valence-electron chi connectivity index (χ0n) is 5.57. The summed E-state index contributed by atoms with van der Waals surface area (Å²) in [5, 5.41) is 0.114. The number of hydrogen-bond donors (Lipinski definition) is 0. The monoisotopic (exact) mass is 234 g/mol. The van der Waals surface area contributed by atoms with Crippen molar-refractivity contribution in [2.45, 2.75) is 0 Å². The van der Waals surface area contributed by atoms with E-state index in [9.17, 15) is 4.39 Å². The first-order chi connectivity index (χ1) is 5.11. The van der Waals surface area contributed by atoms with Gasteiger partial charge < -0.3 is 0 Å². The van der Waals surface area contributed by atoms with Crippen molar-refractivity contribution in [3.8, 4) is 0 Å². The number of hydrogen-bond acceptors (Lipinski definition) is 0. The molecule has 0 spiro atoms. The van der Waals surface area contributed by atoms with Gasteiger partial charge in [-0.1, -0.05) is 40.2 Å². The molecule has 1 rings (SSSR count). The summed E-state index contributed by atoms with van der Waals surface area (Å²) >= 11 is 8.69. The first kappa shape index (κ1) is 8.75. The van der Waals surface area contributed by atoms with Gasteiger partial charge in [-0.05, 0) is 17.7 Å². The predicted octanol–water partition coefficient (Wildman–Crippen LogP) is 3.84. The summed E-state index contributed by atoms with van der Waals surface area (Å²) in [6.45, 7) is 3.63. The Labute approximate surface area is 77.8 Å². The standard InChI is InChI=1S/C8H5BrClF/c1-5(9)6-2-3-8(11)7(10)4-6/h2-4H,1H2. The maximum atomic E-state index is 12.6. The van der Waals surface area contributed by atoms with Gasteiger partial charge in [0.2, 0.25) is 0 Å². The quantitative estimate of drug-likeness (QED) is 0.694. The number of rotatable bonds is 1. The van der Waals surface area contributed by atoms with E-state index in [1.54, 1.807) is 6.07 Å². The van der Waals surface area contributed by atoms with Crippen molar-refractivity contribution >= 4 is 32.0 Å². The van der Waals surface area contributed by atoms with Gasteiger partial charge in [0.05, 0.1) is 5.02 Å². The topological polar surface area (TPSA) is 0 Å². The molecule has 0 heterocycles. The van der Waals surface area contributed by atoms with Crippen LogP contribution in [0.3, 0.4) is 0 Å². The van der Waals surface area contributed by atoms with E-state index in [0.717, 1.165) is 5.56 Å². The summed E-state index contributed by atoms with van der Waals surface area (Å²) in [7, 11) is 0. The Morgan fingerprint density at radius 3 is 2.64 bits per heavy atom. The van der Waals surface area contributed by atoms with Crippen molar-refractivity contribution in [1.29, 1.82) is 0 Å². The summed E-state index contributed by atoms with van der Waals surface area (Å²) < 4.78 is 13.3. The highest BCUT2D eigenvalue weighted by atomic mass is 79.9. The van der Waals surface area contributed by atoms with Crippen molar-refractivity contribution < 1.29 is 4.39 Å². The van der Waals surface area contributed by atoms with Gasteiger partial charge in [-0.2, -0.15) is 0 Å². The van der Waals surface area contributed by atoms with E-state index in [0.29, 0.717) is 4.48 Å². The molecule has 0 aliphatic heterocycles.